The summed E-state index contributed by atoms with van der Waals surface area (Å²) in [6, 6.07) is 93.1. The molecule has 13 aromatic carbocycles. The van der Waals surface area contributed by atoms with Crippen molar-refractivity contribution in [3.63, 3.8) is 0 Å². The largest absolute Gasteiger partial charge is 0.456 e. The van der Waals surface area contributed by atoms with E-state index in [-0.39, 0.29) is 0 Å². The molecule has 14 aromatic rings. The van der Waals surface area contributed by atoms with Crippen molar-refractivity contribution in [2.45, 2.75) is 0 Å². The molecule has 1 heteroatoms. The number of furan rings is 1. The van der Waals surface area contributed by atoms with E-state index in [1.165, 1.54) is 115 Å². The lowest BCUT2D eigenvalue weighted by Gasteiger charge is -2.19. The maximum Gasteiger partial charge on any atom is 0.136 e. The Morgan fingerprint density at radius 1 is 0.174 bits per heavy atom. The molecule has 0 aliphatic rings. The lowest BCUT2D eigenvalue weighted by molar-refractivity contribution is 0.669. The SMILES string of the molecule is c1ccc(-c2ccc(-c3c4ccccc4c(-c4ccc5oc6cc(-c7c8ccccc8c(-c8ccc(-c9ccccc9)c9ccccc89)c8ccccc78)ccc6c5c4)c4ccccc34)cc2)cc1. The van der Waals surface area contributed by atoms with Crippen LogP contribution in [0.5, 0.6) is 0 Å². The number of benzene rings is 13. The summed E-state index contributed by atoms with van der Waals surface area (Å²) in [6.45, 7) is 0. The molecule has 0 spiro atoms. The van der Waals surface area contributed by atoms with Gasteiger partial charge in [0.25, 0.3) is 0 Å². The third-order valence-electron chi connectivity index (χ3n) is 14.5. The summed E-state index contributed by atoms with van der Waals surface area (Å²) in [7, 11) is 0. The van der Waals surface area contributed by atoms with Gasteiger partial charge in [-0.1, -0.05) is 231 Å². The van der Waals surface area contributed by atoms with Gasteiger partial charge < -0.3 is 4.42 Å². The zero-order valence-corrected chi connectivity index (χ0v) is 37.7. The second-order valence-electron chi connectivity index (χ2n) is 18.2. The summed E-state index contributed by atoms with van der Waals surface area (Å²) in [5, 5.41) is 14.5. The predicted octanol–water partition coefficient (Wildman–Crippen LogP) is 19.4. The molecule has 0 saturated heterocycles. The third-order valence-corrected chi connectivity index (χ3v) is 14.5. The first-order valence-electron chi connectivity index (χ1n) is 23.8. The van der Waals surface area contributed by atoms with Gasteiger partial charge in [0.2, 0.25) is 0 Å². The topological polar surface area (TPSA) is 13.1 Å². The normalized spacial score (nSPS) is 11.8. The zero-order chi connectivity index (χ0) is 45.4. The van der Waals surface area contributed by atoms with Crippen LogP contribution in [0.4, 0.5) is 0 Å². The first-order chi connectivity index (χ1) is 34.2. The van der Waals surface area contributed by atoms with Crippen LogP contribution in [0, 0.1) is 0 Å². The molecule has 320 valence electrons. The highest BCUT2D eigenvalue weighted by atomic mass is 16.3. The fourth-order valence-corrected chi connectivity index (χ4v) is 11.4. The molecular formula is C68H42O. The summed E-state index contributed by atoms with van der Waals surface area (Å²) >= 11 is 0. The van der Waals surface area contributed by atoms with Crippen LogP contribution in [-0.4, -0.2) is 0 Å². The van der Waals surface area contributed by atoms with E-state index in [0.29, 0.717) is 0 Å². The Bertz CT molecular complexity index is 4220. The van der Waals surface area contributed by atoms with E-state index in [1.54, 1.807) is 0 Å². The molecule has 69 heavy (non-hydrogen) atoms. The highest BCUT2D eigenvalue weighted by molar-refractivity contribution is 6.25. The maximum absolute atomic E-state index is 6.81. The van der Waals surface area contributed by atoms with Gasteiger partial charge in [0, 0.05) is 10.8 Å². The molecule has 0 saturated carbocycles. The van der Waals surface area contributed by atoms with Crippen LogP contribution in [0.25, 0.3) is 143 Å². The fraction of sp³-hybridized carbons (Fsp3) is 0. The van der Waals surface area contributed by atoms with Crippen LogP contribution >= 0.6 is 0 Å². The Hall–Kier alpha value is -9.04. The molecule has 1 heterocycles. The molecule has 0 aliphatic carbocycles. The molecule has 1 nitrogen and oxygen atoms in total. The first-order valence-corrected chi connectivity index (χ1v) is 23.8. The van der Waals surface area contributed by atoms with E-state index in [9.17, 15) is 0 Å². The lowest BCUT2D eigenvalue weighted by atomic mass is 9.83. The van der Waals surface area contributed by atoms with Gasteiger partial charge in [-0.2, -0.15) is 0 Å². The Morgan fingerprint density at radius 3 is 1.07 bits per heavy atom. The Morgan fingerprint density at radius 2 is 0.536 bits per heavy atom. The molecule has 0 aliphatic heterocycles. The Kier molecular flexibility index (Phi) is 8.97. The minimum absolute atomic E-state index is 0.878. The maximum atomic E-state index is 6.81. The second kappa shape index (κ2) is 15.8. The van der Waals surface area contributed by atoms with Crippen molar-refractivity contribution in [2.75, 3.05) is 0 Å². The number of fused-ring (bicyclic) bond motifs is 8. The van der Waals surface area contributed by atoms with E-state index in [2.05, 4.69) is 255 Å². The van der Waals surface area contributed by atoms with Crippen molar-refractivity contribution >= 4 is 75.8 Å². The van der Waals surface area contributed by atoms with Gasteiger partial charge in [-0.25, -0.2) is 0 Å². The summed E-state index contributed by atoms with van der Waals surface area (Å²) in [6.07, 6.45) is 0. The monoisotopic (exact) mass is 874 g/mol. The molecule has 0 N–H and O–H groups in total. The van der Waals surface area contributed by atoms with Gasteiger partial charge in [-0.05, 0) is 145 Å². The van der Waals surface area contributed by atoms with Crippen molar-refractivity contribution < 1.29 is 4.42 Å². The predicted molar refractivity (Wildman–Crippen MR) is 294 cm³/mol. The molecule has 14 rings (SSSR count). The minimum atomic E-state index is 0.878. The van der Waals surface area contributed by atoms with E-state index in [4.69, 9.17) is 4.42 Å². The molecule has 0 unspecified atom stereocenters. The molecule has 0 bridgehead atoms. The fourth-order valence-electron chi connectivity index (χ4n) is 11.4. The van der Waals surface area contributed by atoms with Crippen molar-refractivity contribution in [1.82, 2.24) is 0 Å². The Balaban J connectivity index is 0.918. The third kappa shape index (κ3) is 6.25. The number of hydrogen-bond donors (Lipinski definition) is 0. The van der Waals surface area contributed by atoms with E-state index >= 15 is 0 Å². The highest BCUT2D eigenvalue weighted by Crippen LogP contribution is 2.49. The highest BCUT2D eigenvalue weighted by Gasteiger charge is 2.22. The molecule has 0 fully saturated rings. The van der Waals surface area contributed by atoms with E-state index < -0.39 is 0 Å². The van der Waals surface area contributed by atoms with Crippen LogP contribution in [0.2, 0.25) is 0 Å². The number of hydrogen-bond acceptors (Lipinski definition) is 1. The molecule has 0 amide bonds. The van der Waals surface area contributed by atoms with Gasteiger partial charge in [-0.15, -0.1) is 0 Å². The number of rotatable bonds is 6. The van der Waals surface area contributed by atoms with E-state index in [1.807, 2.05) is 0 Å². The van der Waals surface area contributed by atoms with Crippen molar-refractivity contribution in [3.8, 4) is 66.8 Å². The van der Waals surface area contributed by atoms with Gasteiger partial charge >= 0.3 is 0 Å². The summed E-state index contributed by atoms with van der Waals surface area (Å²) < 4.78 is 6.81. The van der Waals surface area contributed by atoms with Crippen molar-refractivity contribution in [3.05, 3.63) is 255 Å². The van der Waals surface area contributed by atoms with Crippen LogP contribution in [-0.2, 0) is 0 Å². The molecule has 1 aromatic heterocycles. The smallest absolute Gasteiger partial charge is 0.136 e. The summed E-state index contributed by atoms with van der Waals surface area (Å²) in [5.74, 6) is 0. The lowest BCUT2D eigenvalue weighted by Crippen LogP contribution is -1.92. The molecule has 0 radical (unpaired) electrons. The van der Waals surface area contributed by atoms with Crippen LogP contribution in [0.3, 0.4) is 0 Å². The standard InChI is InChI=1S/C68H42O/c1-3-17-43(18-4-1)44-31-33-46(34-32-44)65-53-23-9-11-25-55(53)66(56-26-12-10-24-54(56)65)47-36-40-63-62(41-47)52-37-35-48(42-64(52)69-63)67-57-27-13-15-29-59(57)68(60-30-16-14-28-58(60)67)61-39-38-49(45-19-5-2-6-20-45)50-21-7-8-22-51(50)61/h1-42H. The van der Waals surface area contributed by atoms with Gasteiger partial charge in [0.05, 0.1) is 0 Å². The minimum Gasteiger partial charge on any atom is -0.456 e. The summed E-state index contributed by atoms with van der Waals surface area (Å²) in [4.78, 5) is 0. The zero-order valence-electron chi connectivity index (χ0n) is 37.7. The Labute approximate surface area is 399 Å². The summed E-state index contributed by atoms with van der Waals surface area (Å²) in [5.41, 5.74) is 16.4. The van der Waals surface area contributed by atoms with Crippen LogP contribution in [0.15, 0.2) is 259 Å². The van der Waals surface area contributed by atoms with Crippen LogP contribution < -0.4 is 0 Å². The molecular weight excluding hydrogens is 833 g/mol. The second-order valence-corrected chi connectivity index (χ2v) is 18.2. The first kappa shape index (κ1) is 39.2. The van der Waals surface area contributed by atoms with Crippen molar-refractivity contribution in [2.24, 2.45) is 0 Å². The van der Waals surface area contributed by atoms with Gasteiger partial charge in [0.15, 0.2) is 0 Å². The van der Waals surface area contributed by atoms with Gasteiger partial charge in [-0.3, -0.25) is 0 Å². The quantitative estimate of drug-likeness (QED) is 0.152. The van der Waals surface area contributed by atoms with Gasteiger partial charge in [0.1, 0.15) is 11.2 Å². The molecule has 0 atom stereocenters. The average molecular weight is 875 g/mol. The van der Waals surface area contributed by atoms with Crippen molar-refractivity contribution in [1.29, 1.82) is 0 Å². The van der Waals surface area contributed by atoms with E-state index in [0.717, 1.165) is 27.5 Å². The van der Waals surface area contributed by atoms with Crippen LogP contribution in [0.1, 0.15) is 0 Å². The average Bonchev–Trinajstić information content (AvgIpc) is 3.79.